The molecular weight excluding hydrogens is 454 g/mol. The summed E-state index contributed by atoms with van der Waals surface area (Å²) < 4.78 is 55.6. The minimum absolute atomic E-state index is 0.0242. The molecule has 2 heterocycles. The van der Waals surface area contributed by atoms with Crippen molar-refractivity contribution in [3.63, 3.8) is 0 Å². The number of aromatic nitrogens is 2. The summed E-state index contributed by atoms with van der Waals surface area (Å²) in [6.45, 7) is -1.57. The molecule has 4 rings (SSSR count). The van der Waals surface area contributed by atoms with Crippen molar-refractivity contribution in [2.75, 3.05) is 11.9 Å². The van der Waals surface area contributed by atoms with Gasteiger partial charge in [-0.15, -0.1) is 0 Å². The van der Waals surface area contributed by atoms with E-state index in [1.165, 1.54) is 41.3 Å². The summed E-state index contributed by atoms with van der Waals surface area (Å²) >= 11 is 0. The Labute approximate surface area is 191 Å². The molecule has 0 spiro atoms. The average molecular weight is 471 g/mol. The summed E-state index contributed by atoms with van der Waals surface area (Å²) in [7, 11) is 1.56. The number of halogens is 4. The lowest BCUT2D eigenvalue weighted by Gasteiger charge is -2.41. The van der Waals surface area contributed by atoms with Gasteiger partial charge in [0.05, 0.1) is 23.7 Å². The number of anilines is 1. The maximum absolute atomic E-state index is 13.7. The topological polar surface area (TPSA) is 91.0 Å². The van der Waals surface area contributed by atoms with Gasteiger partial charge in [-0.25, -0.2) is 4.39 Å². The fraction of sp³-hybridized carbons (Fsp3) is 0.217. The maximum Gasteiger partial charge on any atom is 0.406 e. The van der Waals surface area contributed by atoms with Crippen molar-refractivity contribution in [3.8, 4) is 6.07 Å². The van der Waals surface area contributed by atoms with Gasteiger partial charge in [-0.1, -0.05) is 18.2 Å². The Morgan fingerprint density at radius 1 is 1.24 bits per heavy atom. The van der Waals surface area contributed by atoms with E-state index in [9.17, 15) is 27.2 Å². The van der Waals surface area contributed by atoms with Crippen LogP contribution in [0.2, 0.25) is 0 Å². The number of benzene rings is 2. The third kappa shape index (κ3) is 4.34. The molecule has 0 saturated carbocycles. The van der Waals surface area contributed by atoms with Crippen molar-refractivity contribution in [1.82, 2.24) is 14.7 Å². The van der Waals surface area contributed by atoms with Gasteiger partial charge in [-0.3, -0.25) is 14.3 Å². The minimum atomic E-state index is -4.72. The monoisotopic (exact) mass is 471 g/mol. The van der Waals surface area contributed by atoms with E-state index >= 15 is 0 Å². The second kappa shape index (κ2) is 8.62. The zero-order chi connectivity index (χ0) is 24.6. The average Bonchev–Trinajstić information content (AvgIpc) is 3.21. The number of nitrogens with zero attached hydrogens (tertiary/aromatic N) is 4. The van der Waals surface area contributed by atoms with Crippen LogP contribution in [0.4, 0.5) is 23.2 Å². The van der Waals surface area contributed by atoms with Crippen molar-refractivity contribution in [2.45, 2.75) is 18.1 Å². The molecule has 7 nitrogen and oxygen atoms in total. The number of rotatable bonds is 4. The molecule has 174 valence electrons. The van der Waals surface area contributed by atoms with Crippen molar-refractivity contribution >= 4 is 17.5 Å². The summed E-state index contributed by atoms with van der Waals surface area (Å²) in [5, 5.41) is 15.6. The zero-order valence-corrected chi connectivity index (χ0v) is 17.7. The molecule has 34 heavy (non-hydrogen) atoms. The lowest BCUT2D eigenvalue weighted by atomic mass is 9.79. The lowest BCUT2D eigenvalue weighted by molar-refractivity contribution is -0.148. The fourth-order valence-corrected chi connectivity index (χ4v) is 4.12. The van der Waals surface area contributed by atoms with E-state index in [4.69, 9.17) is 5.26 Å². The Hall–Kier alpha value is -4.20. The molecule has 0 fully saturated rings. The van der Waals surface area contributed by atoms with Crippen LogP contribution in [0.15, 0.2) is 54.9 Å². The third-order valence-electron chi connectivity index (χ3n) is 5.49. The second-order valence-electron chi connectivity index (χ2n) is 7.80. The van der Waals surface area contributed by atoms with Crippen LogP contribution in [0.3, 0.4) is 0 Å². The van der Waals surface area contributed by atoms with Gasteiger partial charge in [0.15, 0.2) is 0 Å². The molecule has 2 aromatic carbocycles. The first-order chi connectivity index (χ1) is 16.1. The highest BCUT2D eigenvalue weighted by Gasteiger charge is 2.48. The number of carbonyl (C=O) groups is 2. The van der Waals surface area contributed by atoms with Gasteiger partial charge >= 0.3 is 6.18 Å². The van der Waals surface area contributed by atoms with Gasteiger partial charge in [0.1, 0.15) is 18.4 Å². The quantitative estimate of drug-likeness (QED) is 0.584. The molecule has 0 bridgehead atoms. The highest BCUT2D eigenvalue weighted by Crippen LogP contribution is 2.44. The van der Waals surface area contributed by atoms with Crippen LogP contribution >= 0.6 is 0 Å². The molecule has 2 amide bonds. The van der Waals surface area contributed by atoms with Crippen molar-refractivity contribution in [2.24, 2.45) is 7.05 Å². The van der Waals surface area contributed by atoms with E-state index in [1.807, 2.05) is 0 Å². The van der Waals surface area contributed by atoms with Gasteiger partial charge in [0.25, 0.3) is 5.91 Å². The number of carbonyl (C=O) groups excluding carboxylic acids is 2. The lowest BCUT2D eigenvalue weighted by Crippen LogP contribution is -2.49. The van der Waals surface area contributed by atoms with Gasteiger partial charge < -0.3 is 10.2 Å². The van der Waals surface area contributed by atoms with E-state index in [-0.39, 0.29) is 27.9 Å². The highest BCUT2D eigenvalue weighted by atomic mass is 19.4. The van der Waals surface area contributed by atoms with E-state index < -0.39 is 42.3 Å². The molecule has 1 aromatic heterocycles. The number of aryl methyl sites for hydroxylation is 1. The molecule has 1 aliphatic rings. The van der Waals surface area contributed by atoms with Gasteiger partial charge in [0, 0.05) is 30.1 Å². The molecule has 1 N–H and O–H groups in total. The van der Waals surface area contributed by atoms with Crippen LogP contribution in [0, 0.1) is 17.1 Å². The van der Waals surface area contributed by atoms with E-state index in [0.717, 1.165) is 12.1 Å². The normalized spacial score (nSPS) is 17.8. The number of nitrogens with one attached hydrogen (secondary N) is 1. The smallest absolute Gasteiger partial charge is 0.325 e. The minimum Gasteiger partial charge on any atom is -0.325 e. The molecule has 0 saturated heterocycles. The summed E-state index contributed by atoms with van der Waals surface area (Å²) in [6, 6.07) is 9.68. The Kier molecular flexibility index (Phi) is 5.83. The second-order valence-corrected chi connectivity index (χ2v) is 7.80. The van der Waals surface area contributed by atoms with Crippen LogP contribution in [0.25, 0.3) is 0 Å². The number of alkyl halides is 3. The number of hydrogen-bond donors (Lipinski definition) is 1. The summed E-state index contributed by atoms with van der Waals surface area (Å²) in [6.07, 6.45) is -1.97. The van der Waals surface area contributed by atoms with E-state index in [1.54, 1.807) is 19.2 Å². The first kappa shape index (κ1) is 23.0. The van der Waals surface area contributed by atoms with Crippen molar-refractivity contribution in [3.05, 3.63) is 82.9 Å². The predicted octanol–water partition coefficient (Wildman–Crippen LogP) is 3.91. The highest BCUT2D eigenvalue weighted by molar-refractivity contribution is 6.04. The number of hydrogen-bond acceptors (Lipinski definition) is 4. The molecule has 1 aliphatic heterocycles. The Balaban J connectivity index is 1.84. The zero-order valence-electron chi connectivity index (χ0n) is 17.7. The Bertz CT molecular complexity index is 1310. The van der Waals surface area contributed by atoms with Crippen molar-refractivity contribution in [1.29, 1.82) is 5.26 Å². The molecule has 0 aliphatic carbocycles. The van der Waals surface area contributed by atoms with Crippen LogP contribution in [0.5, 0.6) is 0 Å². The molecule has 0 unspecified atom stereocenters. The first-order valence-corrected chi connectivity index (χ1v) is 10.0. The summed E-state index contributed by atoms with van der Waals surface area (Å²) in [5.74, 6) is -3.61. The van der Waals surface area contributed by atoms with Crippen LogP contribution < -0.4 is 5.32 Å². The molecule has 11 heteroatoms. The maximum atomic E-state index is 13.7. The standard InChI is InChI=1S/C23H17F4N5O2/c1-31-11-14(10-29-31)20-19(21(33)30-15-6-7-18(24)13(8-15)9-28)16-4-2-3-5-17(16)22(34)32(20)12-23(25,26)27/h2-8,10-11,19-20H,12H2,1H3,(H,30,33)/t19-,20+/m0/s1. The molecular formula is C23H17F4N5O2. The Morgan fingerprint density at radius 3 is 2.62 bits per heavy atom. The molecule has 0 radical (unpaired) electrons. The van der Waals surface area contributed by atoms with Crippen molar-refractivity contribution < 1.29 is 27.2 Å². The summed E-state index contributed by atoms with van der Waals surface area (Å²) in [4.78, 5) is 27.2. The van der Waals surface area contributed by atoms with Crippen LogP contribution in [0.1, 0.15) is 39.0 Å². The van der Waals surface area contributed by atoms with Crippen LogP contribution in [-0.4, -0.2) is 39.2 Å². The van der Waals surface area contributed by atoms with E-state index in [0.29, 0.717) is 4.90 Å². The van der Waals surface area contributed by atoms with Crippen LogP contribution in [-0.2, 0) is 11.8 Å². The van der Waals surface area contributed by atoms with Gasteiger partial charge in [-0.05, 0) is 29.8 Å². The van der Waals surface area contributed by atoms with Gasteiger partial charge in [-0.2, -0.15) is 23.5 Å². The SMILES string of the molecule is Cn1cc([C@@H]2[C@@H](C(=O)Nc3ccc(F)c(C#N)c3)c3ccccc3C(=O)N2CC(F)(F)F)cn1. The third-order valence-corrected chi connectivity index (χ3v) is 5.49. The van der Waals surface area contributed by atoms with Gasteiger partial charge in [0.2, 0.25) is 5.91 Å². The van der Waals surface area contributed by atoms with E-state index in [2.05, 4.69) is 10.4 Å². The fourth-order valence-electron chi connectivity index (χ4n) is 4.12. The summed E-state index contributed by atoms with van der Waals surface area (Å²) in [5.41, 5.74) is 0.250. The number of amides is 2. The first-order valence-electron chi connectivity index (χ1n) is 10.0. The molecule has 3 aromatic rings. The number of nitriles is 1. The molecule has 2 atom stereocenters. The number of fused-ring (bicyclic) bond motifs is 1. The largest absolute Gasteiger partial charge is 0.406 e. The Morgan fingerprint density at radius 2 is 1.97 bits per heavy atom. The predicted molar refractivity (Wildman–Crippen MR) is 112 cm³/mol.